The van der Waals surface area contributed by atoms with E-state index in [0.717, 1.165) is 47.2 Å². The van der Waals surface area contributed by atoms with Crippen LogP contribution in [0.2, 0.25) is 0 Å². The van der Waals surface area contributed by atoms with Crippen LogP contribution < -0.4 is 0 Å². The van der Waals surface area contributed by atoms with Crippen molar-refractivity contribution in [3.63, 3.8) is 0 Å². The number of nitrogens with zero attached hydrogens (tertiary/aromatic N) is 1. The van der Waals surface area contributed by atoms with Crippen LogP contribution in [0.5, 0.6) is 0 Å². The molecule has 0 radical (unpaired) electrons. The van der Waals surface area contributed by atoms with Gasteiger partial charge in [0, 0.05) is 23.8 Å². The Kier molecular flexibility index (Phi) is 5.66. The zero-order valence-corrected chi connectivity index (χ0v) is 13.9. The van der Waals surface area contributed by atoms with Gasteiger partial charge in [-0.25, -0.2) is 0 Å². The van der Waals surface area contributed by atoms with Gasteiger partial charge >= 0.3 is 0 Å². The molecule has 1 saturated heterocycles. The molecule has 0 spiro atoms. The van der Waals surface area contributed by atoms with Crippen molar-refractivity contribution in [1.29, 1.82) is 0 Å². The fourth-order valence-electron chi connectivity index (χ4n) is 2.04. The van der Waals surface area contributed by atoms with Gasteiger partial charge in [-0.05, 0) is 34.8 Å². The molecule has 0 saturated carbocycles. The number of alkyl halides is 1. The van der Waals surface area contributed by atoms with Gasteiger partial charge in [-0.15, -0.1) is 11.3 Å². The van der Waals surface area contributed by atoms with Gasteiger partial charge in [0.2, 0.25) is 0 Å². The van der Waals surface area contributed by atoms with E-state index >= 15 is 0 Å². The SMILES string of the molecule is O=C(c1csc(Br)c1)N1CCC(OCCBr)CC1. The highest BCUT2D eigenvalue weighted by Gasteiger charge is 2.24. The Hall–Kier alpha value is 0.0900. The minimum Gasteiger partial charge on any atom is -0.377 e. The molecule has 0 unspecified atom stereocenters. The van der Waals surface area contributed by atoms with Crippen LogP contribution >= 0.6 is 43.2 Å². The van der Waals surface area contributed by atoms with Gasteiger partial charge in [0.15, 0.2) is 0 Å². The molecule has 0 bridgehead atoms. The maximum Gasteiger partial charge on any atom is 0.254 e. The van der Waals surface area contributed by atoms with E-state index in [9.17, 15) is 4.79 Å². The van der Waals surface area contributed by atoms with Crippen molar-refractivity contribution in [3.8, 4) is 0 Å². The summed E-state index contributed by atoms with van der Waals surface area (Å²) in [5.74, 6) is 0.135. The average Bonchev–Trinajstić information content (AvgIpc) is 2.83. The largest absolute Gasteiger partial charge is 0.377 e. The Bertz CT molecular complexity index is 403. The smallest absolute Gasteiger partial charge is 0.254 e. The Morgan fingerprint density at radius 1 is 1.50 bits per heavy atom. The minimum absolute atomic E-state index is 0.135. The van der Waals surface area contributed by atoms with Crippen LogP contribution in [0.15, 0.2) is 15.2 Å². The van der Waals surface area contributed by atoms with Gasteiger partial charge in [0.1, 0.15) is 0 Å². The fourth-order valence-corrected chi connectivity index (χ4v) is 3.36. The summed E-state index contributed by atoms with van der Waals surface area (Å²) in [6.45, 7) is 2.33. The first-order chi connectivity index (χ1) is 8.70. The lowest BCUT2D eigenvalue weighted by Crippen LogP contribution is -2.40. The topological polar surface area (TPSA) is 29.5 Å². The van der Waals surface area contributed by atoms with Crippen molar-refractivity contribution >= 4 is 49.1 Å². The summed E-state index contributed by atoms with van der Waals surface area (Å²) in [4.78, 5) is 14.1. The molecule has 2 rings (SSSR count). The molecule has 6 heteroatoms. The number of amides is 1. The summed E-state index contributed by atoms with van der Waals surface area (Å²) < 4.78 is 6.68. The van der Waals surface area contributed by atoms with Gasteiger partial charge in [-0.3, -0.25) is 4.79 Å². The van der Waals surface area contributed by atoms with Crippen LogP contribution in [0.1, 0.15) is 23.2 Å². The van der Waals surface area contributed by atoms with Gasteiger partial charge in [0.25, 0.3) is 5.91 Å². The maximum atomic E-state index is 12.2. The van der Waals surface area contributed by atoms with Crippen molar-refractivity contribution in [3.05, 3.63) is 20.8 Å². The first-order valence-electron chi connectivity index (χ1n) is 5.91. The number of piperidine rings is 1. The molecule has 3 nitrogen and oxygen atoms in total. The summed E-state index contributed by atoms with van der Waals surface area (Å²) in [5.41, 5.74) is 0.784. The lowest BCUT2D eigenvalue weighted by molar-refractivity contribution is 0.0160. The van der Waals surface area contributed by atoms with Gasteiger partial charge in [-0.2, -0.15) is 0 Å². The van der Waals surface area contributed by atoms with E-state index in [0.29, 0.717) is 6.10 Å². The zero-order chi connectivity index (χ0) is 13.0. The predicted octanol–water partition coefficient (Wildman–Crippen LogP) is 3.53. The van der Waals surface area contributed by atoms with Crippen LogP contribution in [-0.2, 0) is 4.74 Å². The van der Waals surface area contributed by atoms with E-state index in [1.807, 2.05) is 16.3 Å². The second-order valence-corrected chi connectivity index (χ2v) is 7.27. The Morgan fingerprint density at radius 2 is 2.22 bits per heavy atom. The second kappa shape index (κ2) is 7.03. The predicted molar refractivity (Wildman–Crippen MR) is 80.7 cm³/mol. The number of ether oxygens (including phenoxy) is 1. The van der Waals surface area contributed by atoms with E-state index in [-0.39, 0.29) is 5.91 Å². The fraction of sp³-hybridized carbons (Fsp3) is 0.583. The van der Waals surface area contributed by atoms with Crippen molar-refractivity contribution in [2.24, 2.45) is 0 Å². The summed E-state index contributed by atoms with van der Waals surface area (Å²) >= 11 is 8.28. The highest BCUT2D eigenvalue weighted by Crippen LogP contribution is 2.23. The number of likely N-dealkylation sites (tertiary alicyclic amines) is 1. The zero-order valence-electron chi connectivity index (χ0n) is 9.90. The Balaban J connectivity index is 1.84. The van der Waals surface area contributed by atoms with E-state index < -0.39 is 0 Å². The third kappa shape index (κ3) is 3.79. The quantitative estimate of drug-likeness (QED) is 0.728. The van der Waals surface area contributed by atoms with E-state index in [1.165, 1.54) is 0 Å². The van der Waals surface area contributed by atoms with Crippen molar-refractivity contribution in [1.82, 2.24) is 4.90 Å². The molecule has 1 aromatic rings. The van der Waals surface area contributed by atoms with Crippen molar-refractivity contribution < 1.29 is 9.53 Å². The second-order valence-electron chi connectivity index (χ2n) is 4.19. The summed E-state index contributed by atoms with van der Waals surface area (Å²) in [6, 6.07) is 1.89. The molecule has 0 aliphatic carbocycles. The number of halogens is 2. The molecule has 2 heterocycles. The highest BCUT2D eigenvalue weighted by molar-refractivity contribution is 9.11. The third-order valence-corrected chi connectivity index (χ3v) is 4.80. The molecule has 0 N–H and O–H groups in total. The summed E-state index contributed by atoms with van der Waals surface area (Å²) in [6.07, 6.45) is 2.18. The van der Waals surface area contributed by atoms with Gasteiger partial charge < -0.3 is 9.64 Å². The van der Waals surface area contributed by atoms with Crippen LogP contribution in [0.3, 0.4) is 0 Å². The normalized spacial score (nSPS) is 17.1. The monoisotopic (exact) mass is 395 g/mol. The average molecular weight is 397 g/mol. The number of rotatable bonds is 4. The molecule has 100 valence electrons. The molecular weight excluding hydrogens is 382 g/mol. The third-order valence-electron chi connectivity index (χ3n) is 2.97. The maximum absolute atomic E-state index is 12.2. The summed E-state index contributed by atoms with van der Waals surface area (Å²) in [7, 11) is 0. The molecule has 1 amide bonds. The Labute approximate surface area is 128 Å². The lowest BCUT2D eigenvalue weighted by atomic mass is 10.1. The number of hydrogen-bond acceptors (Lipinski definition) is 3. The van der Waals surface area contributed by atoms with E-state index in [4.69, 9.17) is 4.74 Å². The van der Waals surface area contributed by atoms with Crippen LogP contribution in [0.4, 0.5) is 0 Å². The van der Waals surface area contributed by atoms with Crippen molar-refractivity contribution in [2.75, 3.05) is 25.0 Å². The summed E-state index contributed by atoms with van der Waals surface area (Å²) in [5, 5.41) is 2.77. The molecule has 18 heavy (non-hydrogen) atoms. The minimum atomic E-state index is 0.135. The van der Waals surface area contributed by atoms with E-state index in [2.05, 4.69) is 31.9 Å². The van der Waals surface area contributed by atoms with Crippen molar-refractivity contribution in [2.45, 2.75) is 18.9 Å². The number of carbonyl (C=O) groups is 1. The first kappa shape index (κ1) is 14.5. The molecule has 1 aliphatic rings. The van der Waals surface area contributed by atoms with Gasteiger partial charge in [-0.1, -0.05) is 15.9 Å². The molecule has 0 atom stereocenters. The molecule has 1 aliphatic heterocycles. The molecule has 1 aromatic heterocycles. The van der Waals surface area contributed by atoms with Crippen LogP contribution in [0, 0.1) is 0 Å². The van der Waals surface area contributed by atoms with Crippen LogP contribution in [-0.4, -0.2) is 41.9 Å². The number of hydrogen-bond donors (Lipinski definition) is 0. The van der Waals surface area contributed by atoms with Crippen LogP contribution in [0.25, 0.3) is 0 Å². The molecule has 1 fully saturated rings. The first-order valence-corrected chi connectivity index (χ1v) is 8.71. The van der Waals surface area contributed by atoms with Gasteiger partial charge in [0.05, 0.1) is 22.1 Å². The molecular formula is C12H15Br2NO2S. The van der Waals surface area contributed by atoms with E-state index in [1.54, 1.807) is 11.3 Å². The number of thiophene rings is 1. The molecule has 0 aromatic carbocycles. The Morgan fingerprint density at radius 3 is 2.78 bits per heavy atom. The number of carbonyl (C=O) groups excluding carboxylic acids is 1. The standard InChI is InChI=1S/C12H15Br2NO2S/c13-3-6-17-10-1-4-15(5-2-10)12(16)9-7-11(14)18-8-9/h7-8,10H,1-6H2. The highest BCUT2D eigenvalue weighted by atomic mass is 79.9. The lowest BCUT2D eigenvalue weighted by Gasteiger charge is -2.31.